The van der Waals surface area contributed by atoms with Gasteiger partial charge in [0.1, 0.15) is 17.2 Å². The Morgan fingerprint density at radius 2 is 1.94 bits per heavy atom. The van der Waals surface area contributed by atoms with Gasteiger partial charge in [-0.25, -0.2) is 0 Å². The molecular weight excluding hydrogens is 258 g/mol. The summed E-state index contributed by atoms with van der Waals surface area (Å²) in [5, 5.41) is 9.80. The number of sulfonamides is 1. The number of benzene rings is 1. The third kappa shape index (κ3) is 2.57. The zero-order chi connectivity index (χ0) is 13.9. The summed E-state index contributed by atoms with van der Waals surface area (Å²) >= 11 is 0. The lowest BCUT2D eigenvalue weighted by Gasteiger charge is -2.19. The maximum absolute atomic E-state index is 11.8. The molecule has 0 amide bonds. The Kier molecular flexibility index (Phi) is 4.20. The van der Waals surface area contributed by atoms with Crippen molar-refractivity contribution in [3.05, 3.63) is 29.7 Å². The average molecular weight is 273 g/mol. The fourth-order valence-electron chi connectivity index (χ4n) is 1.22. The van der Waals surface area contributed by atoms with Gasteiger partial charge >= 0.3 is 0 Å². The van der Waals surface area contributed by atoms with Crippen LogP contribution in [-0.4, -0.2) is 27.8 Å². The molecule has 0 bridgehead atoms. The topological polar surface area (TPSA) is 76.1 Å². The van der Waals surface area contributed by atoms with Crippen molar-refractivity contribution in [1.82, 2.24) is 0 Å². The van der Waals surface area contributed by atoms with Crippen LogP contribution in [-0.2, 0) is 10.0 Å². The average Bonchev–Trinajstić information content (AvgIpc) is 2.36. The molecule has 0 aromatic heterocycles. The summed E-state index contributed by atoms with van der Waals surface area (Å²) < 4.78 is 33.6. The second kappa shape index (κ2) is 5.28. The van der Waals surface area contributed by atoms with E-state index < -0.39 is 10.0 Å². The number of hydrogen-bond acceptors (Lipinski definition) is 5. The minimum absolute atomic E-state index is 0.0418. The molecule has 0 aliphatic heterocycles. The van der Waals surface area contributed by atoms with Crippen LogP contribution in [0.5, 0.6) is 11.5 Å². The van der Waals surface area contributed by atoms with E-state index in [1.165, 1.54) is 33.3 Å². The minimum Gasteiger partial charge on any atom is -0.497 e. The zero-order valence-corrected chi connectivity index (χ0v) is 11.2. The summed E-state index contributed by atoms with van der Waals surface area (Å²) in [5.41, 5.74) is -0.0418. The van der Waals surface area contributed by atoms with Gasteiger partial charge in [0.25, 0.3) is 10.0 Å². The van der Waals surface area contributed by atoms with Gasteiger partial charge in [0.15, 0.2) is 0 Å². The Labute approximate surface area is 106 Å². The number of anilines is 1. The standard InChI is InChI=1S/C11H15NO5S/c1-8(2)18(14,15)12(13)10-7-9(16-3)5-6-11(10)17-4/h5-7,13H,1H2,2-4H3. The second-order valence-corrected chi connectivity index (χ2v) is 5.48. The first-order chi connectivity index (χ1) is 8.34. The molecule has 0 saturated carbocycles. The van der Waals surface area contributed by atoms with Gasteiger partial charge in [-0.05, 0) is 19.1 Å². The van der Waals surface area contributed by atoms with Crippen molar-refractivity contribution in [2.24, 2.45) is 0 Å². The van der Waals surface area contributed by atoms with Crippen LogP contribution < -0.4 is 13.9 Å². The smallest absolute Gasteiger partial charge is 0.281 e. The molecule has 0 unspecified atom stereocenters. The summed E-state index contributed by atoms with van der Waals surface area (Å²) in [7, 11) is -1.23. The van der Waals surface area contributed by atoms with Gasteiger partial charge in [-0.2, -0.15) is 8.42 Å². The van der Waals surface area contributed by atoms with Crippen LogP contribution >= 0.6 is 0 Å². The Balaban J connectivity index is 3.35. The molecule has 0 saturated heterocycles. The van der Waals surface area contributed by atoms with Crippen molar-refractivity contribution in [2.75, 3.05) is 18.7 Å². The molecule has 0 aliphatic rings. The lowest BCUT2D eigenvalue weighted by Crippen LogP contribution is -2.27. The normalized spacial score (nSPS) is 10.9. The Bertz CT molecular complexity index is 553. The van der Waals surface area contributed by atoms with E-state index in [0.717, 1.165) is 0 Å². The van der Waals surface area contributed by atoms with Crippen LogP contribution in [0.2, 0.25) is 0 Å². The molecule has 1 N–H and O–H groups in total. The van der Waals surface area contributed by atoms with E-state index >= 15 is 0 Å². The van der Waals surface area contributed by atoms with Crippen LogP contribution in [0.1, 0.15) is 6.92 Å². The van der Waals surface area contributed by atoms with Crippen LogP contribution in [0.15, 0.2) is 29.7 Å². The number of rotatable bonds is 5. The van der Waals surface area contributed by atoms with Crippen LogP contribution in [0.4, 0.5) is 5.69 Å². The van der Waals surface area contributed by atoms with Crippen LogP contribution in [0.25, 0.3) is 0 Å². The molecule has 0 atom stereocenters. The third-order valence-electron chi connectivity index (χ3n) is 2.26. The molecule has 0 heterocycles. The maximum Gasteiger partial charge on any atom is 0.281 e. The molecule has 6 nitrogen and oxygen atoms in total. The molecular formula is C11H15NO5S. The largest absolute Gasteiger partial charge is 0.497 e. The highest BCUT2D eigenvalue weighted by Crippen LogP contribution is 2.33. The van der Waals surface area contributed by atoms with Crippen molar-refractivity contribution in [1.29, 1.82) is 0 Å². The third-order valence-corrected chi connectivity index (χ3v) is 3.79. The molecule has 0 aliphatic carbocycles. The predicted octanol–water partition coefficient (Wildman–Crippen LogP) is 1.76. The van der Waals surface area contributed by atoms with Gasteiger partial charge in [0, 0.05) is 6.07 Å². The van der Waals surface area contributed by atoms with Crippen molar-refractivity contribution < 1.29 is 23.1 Å². The first-order valence-corrected chi connectivity index (χ1v) is 6.40. The van der Waals surface area contributed by atoms with Gasteiger partial charge in [-0.15, -0.1) is 4.47 Å². The van der Waals surface area contributed by atoms with E-state index in [1.807, 2.05) is 0 Å². The Hall–Kier alpha value is -1.73. The van der Waals surface area contributed by atoms with Crippen LogP contribution in [0.3, 0.4) is 0 Å². The number of allylic oxidation sites excluding steroid dienone is 1. The molecule has 1 aromatic rings. The quantitative estimate of drug-likeness (QED) is 0.827. The lowest BCUT2D eigenvalue weighted by atomic mass is 10.3. The van der Waals surface area contributed by atoms with Crippen LogP contribution in [0, 0.1) is 0 Å². The molecule has 0 spiro atoms. The summed E-state index contributed by atoms with van der Waals surface area (Å²) in [6.07, 6.45) is 0. The Morgan fingerprint density at radius 1 is 1.33 bits per heavy atom. The summed E-state index contributed by atoms with van der Waals surface area (Å²) in [5.74, 6) is 0.588. The van der Waals surface area contributed by atoms with Crippen molar-refractivity contribution in [3.63, 3.8) is 0 Å². The van der Waals surface area contributed by atoms with Gasteiger partial charge in [0.2, 0.25) is 0 Å². The molecule has 100 valence electrons. The summed E-state index contributed by atoms with van der Waals surface area (Å²) in [6.45, 7) is 4.59. The lowest BCUT2D eigenvalue weighted by molar-refractivity contribution is 0.309. The first kappa shape index (κ1) is 14.3. The number of methoxy groups -OCH3 is 2. The Morgan fingerprint density at radius 3 is 2.39 bits per heavy atom. The van der Waals surface area contributed by atoms with E-state index in [4.69, 9.17) is 9.47 Å². The van der Waals surface area contributed by atoms with Crippen molar-refractivity contribution >= 4 is 15.7 Å². The fraction of sp³-hybridized carbons (Fsp3) is 0.273. The monoisotopic (exact) mass is 273 g/mol. The number of nitrogens with zero attached hydrogens (tertiary/aromatic N) is 1. The van der Waals surface area contributed by atoms with Gasteiger partial charge in [-0.1, -0.05) is 6.58 Å². The minimum atomic E-state index is -4.03. The van der Waals surface area contributed by atoms with E-state index in [9.17, 15) is 13.6 Å². The van der Waals surface area contributed by atoms with Gasteiger partial charge in [-0.3, -0.25) is 5.21 Å². The highest BCUT2D eigenvalue weighted by Gasteiger charge is 2.25. The second-order valence-electron chi connectivity index (χ2n) is 3.49. The molecule has 1 rings (SSSR count). The SMILES string of the molecule is C=C(C)S(=O)(=O)N(O)c1cc(OC)ccc1OC. The molecule has 7 heteroatoms. The molecule has 0 radical (unpaired) electrons. The van der Waals surface area contributed by atoms with E-state index in [1.54, 1.807) is 6.07 Å². The number of ether oxygens (including phenoxy) is 2. The zero-order valence-electron chi connectivity index (χ0n) is 10.4. The highest BCUT2D eigenvalue weighted by molar-refractivity contribution is 7.96. The number of hydrogen-bond donors (Lipinski definition) is 1. The highest BCUT2D eigenvalue weighted by atomic mass is 32.2. The first-order valence-electron chi connectivity index (χ1n) is 4.96. The molecule has 1 aromatic carbocycles. The van der Waals surface area contributed by atoms with E-state index in [0.29, 0.717) is 5.75 Å². The van der Waals surface area contributed by atoms with Gasteiger partial charge < -0.3 is 9.47 Å². The van der Waals surface area contributed by atoms with Crippen molar-refractivity contribution in [3.8, 4) is 11.5 Å². The summed E-state index contributed by atoms with van der Waals surface area (Å²) in [6, 6.07) is 4.42. The molecule has 0 fully saturated rings. The van der Waals surface area contributed by atoms with Gasteiger partial charge in [0.05, 0.1) is 19.1 Å². The van der Waals surface area contributed by atoms with E-state index in [2.05, 4.69) is 6.58 Å². The van der Waals surface area contributed by atoms with E-state index in [-0.39, 0.29) is 20.8 Å². The predicted molar refractivity (Wildman–Crippen MR) is 67.5 cm³/mol. The molecule has 18 heavy (non-hydrogen) atoms. The van der Waals surface area contributed by atoms with Crippen molar-refractivity contribution in [2.45, 2.75) is 6.92 Å². The maximum atomic E-state index is 11.8. The fourth-order valence-corrected chi connectivity index (χ4v) is 1.92. The summed E-state index contributed by atoms with van der Waals surface area (Å²) in [4.78, 5) is -0.185.